The molecule has 29 heavy (non-hydrogen) atoms. The molecule has 0 radical (unpaired) electrons. The summed E-state index contributed by atoms with van der Waals surface area (Å²) in [5.74, 6) is 0.507. The van der Waals surface area contributed by atoms with Crippen LogP contribution >= 0.6 is 31.9 Å². The first-order valence-electron chi connectivity index (χ1n) is 9.46. The van der Waals surface area contributed by atoms with Crippen LogP contribution in [0.3, 0.4) is 0 Å². The standard InChI is InChI=1S/C22H26Br2N2O3/c1-15(2)12-25-22(28)16(3)26(13-17-5-4-6-19(24)11-17)21(27)14-29-20-9-7-18(23)8-10-20/h4-11,15-16H,12-14H2,1-3H3,(H,25,28)/t16-/m0/s1. The van der Waals surface area contributed by atoms with E-state index >= 15 is 0 Å². The summed E-state index contributed by atoms with van der Waals surface area (Å²) in [5, 5.41) is 2.91. The van der Waals surface area contributed by atoms with Crippen molar-refractivity contribution in [2.24, 2.45) is 5.92 Å². The number of hydrogen-bond donors (Lipinski definition) is 1. The quantitative estimate of drug-likeness (QED) is 0.512. The number of nitrogens with zero attached hydrogens (tertiary/aromatic N) is 1. The van der Waals surface area contributed by atoms with Gasteiger partial charge < -0.3 is 15.0 Å². The van der Waals surface area contributed by atoms with E-state index in [0.29, 0.717) is 24.8 Å². The van der Waals surface area contributed by atoms with E-state index in [0.717, 1.165) is 14.5 Å². The third-order valence-corrected chi connectivity index (χ3v) is 5.29. The summed E-state index contributed by atoms with van der Waals surface area (Å²) in [7, 11) is 0. The summed E-state index contributed by atoms with van der Waals surface area (Å²) in [4.78, 5) is 27.1. The molecule has 1 N–H and O–H groups in total. The lowest BCUT2D eigenvalue weighted by molar-refractivity contribution is -0.142. The number of carbonyl (C=O) groups excluding carboxylic acids is 2. The molecule has 7 heteroatoms. The van der Waals surface area contributed by atoms with Gasteiger partial charge in [0.2, 0.25) is 5.91 Å². The Morgan fingerprint density at radius 2 is 1.72 bits per heavy atom. The Morgan fingerprint density at radius 3 is 2.34 bits per heavy atom. The molecule has 0 aliphatic rings. The lowest BCUT2D eigenvalue weighted by Gasteiger charge is -2.29. The first kappa shape index (κ1) is 23.4. The molecule has 0 aliphatic heterocycles. The van der Waals surface area contributed by atoms with Gasteiger partial charge >= 0.3 is 0 Å². The number of amides is 2. The van der Waals surface area contributed by atoms with Gasteiger partial charge in [-0.15, -0.1) is 0 Å². The molecular formula is C22H26Br2N2O3. The third-order valence-electron chi connectivity index (χ3n) is 4.27. The van der Waals surface area contributed by atoms with Crippen LogP contribution in [0, 0.1) is 5.92 Å². The maximum absolute atomic E-state index is 13.0. The van der Waals surface area contributed by atoms with Crippen molar-refractivity contribution < 1.29 is 14.3 Å². The number of hydrogen-bond acceptors (Lipinski definition) is 3. The van der Waals surface area contributed by atoms with Crippen LogP contribution in [-0.2, 0) is 16.1 Å². The van der Waals surface area contributed by atoms with Crippen molar-refractivity contribution in [2.75, 3.05) is 13.2 Å². The zero-order valence-electron chi connectivity index (χ0n) is 16.8. The van der Waals surface area contributed by atoms with Crippen LogP contribution in [0.4, 0.5) is 0 Å². The van der Waals surface area contributed by atoms with Crippen LogP contribution in [0.1, 0.15) is 26.3 Å². The molecule has 5 nitrogen and oxygen atoms in total. The summed E-state index contributed by atoms with van der Waals surface area (Å²) >= 11 is 6.82. The third kappa shape index (κ3) is 7.82. The minimum absolute atomic E-state index is 0.141. The lowest BCUT2D eigenvalue weighted by atomic mass is 10.1. The van der Waals surface area contributed by atoms with Gasteiger partial charge in [-0.1, -0.05) is 57.8 Å². The molecule has 2 rings (SSSR count). The van der Waals surface area contributed by atoms with Gasteiger partial charge in [-0.25, -0.2) is 0 Å². The minimum Gasteiger partial charge on any atom is -0.484 e. The Balaban J connectivity index is 2.12. The maximum Gasteiger partial charge on any atom is 0.261 e. The first-order chi connectivity index (χ1) is 13.8. The van der Waals surface area contributed by atoms with Gasteiger partial charge in [0.25, 0.3) is 5.91 Å². The largest absolute Gasteiger partial charge is 0.484 e. The SMILES string of the molecule is CC(C)CNC(=O)[C@H](C)N(Cc1cccc(Br)c1)C(=O)COc1ccc(Br)cc1. The number of rotatable bonds is 9. The fourth-order valence-corrected chi connectivity index (χ4v) is 3.34. The van der Waals surface area contributed by atoms with Gasteiger partial charge in [-0.05, 0) is 54.8 Å². The summed E-state index contributed by atoms with van der Waals surface area (Å²) in [6, 6.07) is 14.4. The van der Waals surface area contributed by atoms with Gasteiger partial charge in [0.05, 0.1) is 0 Å². The molecule has 2 amide bonds. The van der Waals surface area contributed by atoms with Crippen LogP contribution < -0.4 is 10.1 Å². The van der Waals surface area contributed by atoms with E-state index in [9.17, 15) is 9.59 Å². The number of nitrogens with one attached hydrogen (secondary N) is 1. The molecule has 0 unspecified atom stereocenters. The van der Waals surface area contributed by atoms with Crippen molar-refractivity contribution >= 4 is 43.7 Å². The number of carbonyl (C=O) groups is 2. The number of ether oxygens (including phenoxy) is 1. The highest BCUT2D eigenvalue weighted by Crippen LogP contribution is 2.18. The monoisotopic (exact) mass is 524 g/mol. The molecular weight excluding hydrogens is 500 g/mol. The predicted octanol–water partition coefficient (Wildman–Crippen LogP) is 4.78. The fraction of sp³-hybridized carbons (Fsp3) is 0.364. The summed E-state index contributed by atoms with van der Waals surface area (Å²) in [6.07, 6.45) is 0. The van der Waals surface area contributed by atoms with Crippen LogP contribution in [0.5, 0.6) is 5.75 Å². The second kappa shape index (κ2) is 11.4. The van der Waals surface area contributed by atoms with Crippen molar-refractivity contribution in [3.8, 4) is 5.75 Å². The Labute approximate surface area is 189 Å². The van der Waals surface area contributed by atoms with Crippen molar-refractivity contribution in [3.05, 3.63) is 63.0 Å². The zero-order chi connectivity index (χ0) is 21.4. The molecule has 0 aliphatic carbocycles. The molecule has 0 fully saturated rings. The van der Waals surface area contributed by atoms with Crippen LogP contribution in [-0.4, -0.2) is 35.9 Å². The van der Waals surface area contributed by atoms with Crippen molar-refractivity contribution in [1.29, 1.82) is 0 Å². The Morgan fingerprint density at radius 1 is 1.03 bits per heavy atom. The average Bonchev–Trinajstić information content (AvgIpc) is 2.69. The molecule has 1 atom stereocenters. The molecule has 0 bridgehead atoms. The highest BCUT2D eigenvalue weighted by atomic mass is 79.9. The average molecular weight is 526 g/mol. The van der Waals surface area contributed by atoms with E-state index in [1.54, 1.807) is 24.0 Å². The summed E-state index contributed by atoms with van der Waals surface area (Å²) in [6.45, 7) is 6.54. The van der Waals surface area contributed by atoms with Crippen LogP contribution in [0.2, 0.25) is 0 Å². The summed E-state index contributed by atoms with van der Waals surface area (Å²) in [5.41, 5.74) is 0.930. The molecule has 2 aromatic rings. The van der Waals surface area contributed by atoms with E-state index < -0.39 is 6.04 Å². The van der Waals surface area contributed by atoms with Gasteiger partial charge in [0, 0.05) is 22.0 Å². The van der Waals surface area contributed by atoms with Gasteiger partial charge in [0.1, 0.15) is 11.8 Å². The van der Waals surface area contributed by atoms with Crippen molar-refractivity contribution in [1.82, 2.24) is 10.2 Å². The van der Waals surface area contributed by atoms with Gasteiger partial charge in [0.15, 0.2) is 6.61 Å². The predicted molar refractivity (Wildman–Crippen MR) is 122 cm³/mol. The Bertz CT molecular complexity index is 825. The van der Waals surface area contributed by atoms with E-state index in [1.807, 2.05) is 50.2 Å². The van der Waals surface area contributed by atoms with Crippen molar-refractivity contribution in [2.45, 2.75) is 33.4 Å². The molecule has 0 saturated heterocycles. The Kier molecular flexibility index (Phi) is 9.17. The van der Waals surface area contributed by atoms with E-state index in [-0.39, 0.29) is 18.4 Å². The maximum atomic E-state index is 13.0. The van der Waals surface area contributed by atoms with Crippen molar-refractivity contribution in [3.63, 3.8) is 0 Å². The Hall–Kier alpha value is -1.86. The van der Waals surface area contributed by atoms with Crippen LogP contribution in [0.25, 0.3) is 0 Å². The molecule has 0 heterocycles. The normalized spacial score (nSPS) is 11.8. The lowest BCUT2D eigenvalue weighted by Crippen LogP contribution is -2.49. The first-order valence-corrected chi connectivity index (χ1v) is 11.0. The molecule has 2 aromatic carbocycles. The summed E-state index contributed by atoms with van der Waals surface area (Å²) < 4.78 is 7.50. The molecule has 0 spiro atoms. The van der Waals surface area contributed by atoms with E-state index in [1.165, 1.54) is 0 Å². The smallest absolute Gasteiger partial charge is 0.261 e. The molecule has 156 valence electrons. The van der Waals surface area contributed by atoms with Crippen LogP contribution in [0.15, 0.2) is 57.5 Å². The highest BCUT2D eigenvalue weighted by Gasteiger charge is 2.26. The fourth-order valence-electron chi connectivity index (χ4n) is 2.63. The number of benzene rings is 2. The zero-order valence-corrected chi connectivity index (χ0v) is 20.0. The highest BCUT2D eigenvalue weighted by molar-refractivity contribution is 9.10. The second-order valence-electron chi connectivity index (χ2n) is 7.21. The van der Waals surface area contributed by atoms with E-state index in [2.05, 4.69) is 37.2 Å². The number of halogens is 2. The van der Waals surface area contributed by atoms with E-state index in [4.69, 9.17) is 4.74 Å². The van der Waals surface area contributed by atoms with Gasteiger partial charge in [-0.3, -0.25) is 9.59 Å². The van der Waals surface area contributed by atoms with Gasteiger partial charge in [-0.2, -0.15) is 0 Å². The second-order valence-corrected chi connectivity index (χ2v) is 9.04. The molecule has 0 aromatic heterocycles. The topological polar surface area (TPSA) is 58.6 Å². The minimum atomic E-state index is -0.617. The molecule has 0 saturated carbocycles.